The zero-order chi connectivity index (χ0) is 17.5. The van der Waals surface area contributed by atoms with Gasteiger partial charge >= 0.3 is 6.03 Å². The quantitative estimate of drug-likeness (QED) is 0.853. The van der Waals surface area contributed by atoms with Crippen LogP contribution in [0, 0.1) is 11.6 Å². The molecule has 128 valence electrons. The van der Waals surface area contributed by atoms with Crippen LogP contribution in [0.15, 0.2) is 36.5 Å². The van der Waals surface area contributed by atoms with Crippen molar-refractivity contribution in [3.05, 3.63) is 59.3 Å². The first-order chi connectivity index (χ1) is 11.5. The lowest BCUT2D eigenvalue weighted by Crippen LogP contribution is -2.36. The lowest BCUT2D eigenvalue weighted by Gasteiger charge is -2.16. The summed E-state index contributed by atoms with van der Waals surface area (Å²) < 4.78 is 26.3. The number of hydrogen-bond acceptors (Lipinski definition) is 3. The fraction of sp³-hybridized carbons (Fsp3) is 0.294. The van der Waals surface area contributed by atoms with Crippen LogP contribution in [0.3, 0.4) is 0 Å². The maximum atomic E-state index is 13.5. The van der Waals surface area contributed by atoms with Crippen LogP contribution in [0.5, 0.6) is 0 Å². The van der Waals surface area contributed by atoms with E-state index in [4.69, 9.17) is 0 Å². The topological polar surface area (TPSA) is 57.3 Å². The van der Waals surface area contributed by atoms with E-state index >= 15 is 0 Å². The average molecular weight is 334 g/mol. The average Bonchev–Trinajstić information content (AvgIpc) is 2.55. The Hall–Kier alpha value is -2.70. The van der Waals surface area contributed by atoms with Crippen molar-refractivity contribution in [2.45, 2.75) is 13.0 Å². The number of rotatable bonds is 6. The number of halogens is 2. The van der Waals surface area contributed by atoms with Gasteiger partial charge in [0, 0.05) is 45.0 Å². The molecule has 0 atom stereocenters. The number of carbonyl (C=O) groups is 1. The van der Waals surface area contributed by atoms with Crippen LogP contribution in [0.2, 0.25) is 0 Å². The van der Waals surface area contributed by atoms with Crippen LogP contribution < -0.4 is 15.5 Å². The molecule has 2 aromatic rings. The summed E-state index contributed by atoms with van der Waals surface area (Å²) in [7, 11) is 3.76. The number of anilines is 1. The maximum Gasteiger partial charge on any atom is 0.315 e. The van der Waals surface area contributed by atoms with E-state index in [2.05, 4.69) is 15.6 Å². The molecule has 0 bridgehead atoms. The summed E-state index contributed by atoms with van der Waals surface area (Å²) in [6.45, 7) is 0.583. The second-order valence-electron chi connectivity index (χ2n) is 5.48. The third kappa shape index (κ3) is 4.91. The van der Waals surface area contributed by atoms with E-state index in [-0.39, 0.29) is 19.0 Å². The number of benzene rings is 1. The van der Waals surface area contributed by atoms with Gasteiger partial charge in [0.1, 0.15) is 17.5 Å². The summed E-state index contributed by atoms with van der Waals surface area (Å²) in [4.78, 5) is 17.9. The molecule has 2 amide bonds. The first-order valence-electron chi connectivity index (χ1n) is 7.54. The highest BCUT2D eigenvalue weighted by atomic mass is 19.1. The SMILES string of the molecule is CN(C)c1ncccc1CNC(=O)NCCc1ccc(F)cc1F. The number of hydrogen-bond donors (Lipinski definition) is 2. The van der Waals surface area contributed by atoms with Crippen molar-refractivity contribution in [1.29, 1.82) is 0 Å². The number of amides is 2. The normalized spacial score (nSPS) is 10.3. The Kier molecular flexibility index (Phi) is 6.06. The zero-order valence-corrected chi connectivity index (χ0v) is 13.6. The molecule has 24 heavy (non-hydrogen) atoms. The summed E-state index contributed by atoms with van der Waals surface area (Å²) in [5.41, 5.74) is 1.25. The van der Waals surface area contributed by atoms with Gasteiger partial charge in [0.15, 0.2) is 0 Å². The molecule has 0 aliphatic rings. The molecular formula is C17H20F2N4O. The fourth-order valence-corrected chi connectivity index (χ4v) is 2.24. The number of pyridine rings is 1. The van der Waals surface area contributed by atoms with Crippen LogP contribution in [0.4, 0.5) is 19.4 Å². The van der Waals surface area contributed by atoms with Gasteiger partial charge in [0.2, 0.25) is 0 Å². The summed E-state index contributed by atoms with van der Waals surface area (Å²) in [5, 5.41) is 5.38. The predicted octanol–water partition coefficient (Wildman–Crippen LogP) is 2.47. The molecule has 0 saturated heterocycles. The molecule has 0 saturated carbocycles. The lowest BCUT2D eigenvalue weighted by molar-refractivity contribution is 0.240. The van der Waals surface area contributed by atoms with Crippen molar-refractivity contribution >= 4 is 11.8 Å². The second-order valence-corrected chi connectivity index (χ2v) is 5.48. The van der Waals surface area contributed by atoms with Gasteiger partial charge in [-0.15, -0.1) is 0 Å². The number of urea groups is 1. The minimum Gasteiger partial charge on any atom is -0.362 e. The molecular weight excluding hydrogens is 314 g/mol. The van der Waals surface area contributed by atoms with E-state index in [0.29, 0.717) is 12.1 Å². The van der Waals surface area contributed by atoms with Crippen LogP contribution in [0.25, 0.3) is 0 Å². The fourth-order valence-electron chi connectivity index (χ4n) is 2.24. The van der Waals surface area contributed by atoms with Gasteiger partial charge < -0.3 is 15.5 Å². The third-order valence-corrected chi connectivity index (χ3v) is 3.43. The standard InChI is InChI=1S/C17H20F2N4O/c1-23(2)16-13(4-3-8-20-16)11-22-17(24)21-9-7-12-5-6-14(18)10-15(12)19/h3-6,8,10H,7,9,11H2,1-2H3,(H2,21,22,24). The van der Waals surface area contributed by atoms with E-state index in [1.54, 1.807) is 12.3 Å². The number of nitrogens with zero attached hydrogens (tertiary/aromatic N) is 2. The maximum absolute atomic E-state index is 13.5. The highest BCUT2D eigenvalue weighted by Gasteiger charge is 2.08. The lowest BCUT2D eigenvalue weighted by atomic mass is 10.1. The molecule has 7 heteroatoms. The summed E-state index contributed by atoms with van der Waals surface area (Å²) in [6.07, 6.45) is 1.98. The zero-order valence-electron chi connectivity index (χ0n) is 13.6. The van der Waals surface area contributed by atoms with Crippen LogP contribution in [-0.4, -0.2) is 31.7 Å². The summed E-state index contributed by atoms with van der Waals surface area (Å²) in [5.74, 6) is -0.440. The van der Waals surface area contributed by atoms with E-state index < -0.39 is 11.6 Å². The van der Waals surface area contributed by atoms with Crippen molar-refractivity contribution in [3.63, 3.8) is 0 Å². The van der Waals surface area contributed by atoms with Gasteiger partial charge in [-0.25, -0.2) is 18.6 Å². The first kappa shape index (κ1) is 17.7. The largest absolute Gasteiger partial charge is 0.362 e. The number of nitrogens with one attached hydrogen (secondary N) is 2. The van der Waals surface area contributed by atoms with Crippen molar-refractivity contribution in [1.82, 2.24) is 15.6 Å². The molecule has 0 aliphatic carbocycles. The minimum atomic E-state index is -0.616. The highest BCUT2D eigenvalue weighted by molar-refractivity contribution is 5.74. The predicted molar refractivity (Wildman–Crippen MR) is 88.9 cm³/mol. The smallest absolute Gasteiger partial charge is 0.315 e. The Morgan fingerprint density at radius 3 is 2.67 bits per heavy atom. The Morgan fingerprint density at radius 1 is 1.17 bits per heavy atom. The third-order valence-electron chi connectivity index (χ3n) is 3.43. The molecule has 0 unspecified atom stereocenters. The monoisotopic (exact) mass is 334 g/mol. The van der Waals surface area contributed by atoms with Gasteiger partial charge in [-0.05, 0) is 24.1 Å². The molecule has 0 fully saturated rings. The second kappa shape index (κ2) is 8.24. The van der Waals surface area contributed by atoms with Gasteiger partial charge in [-0.2, -0.15) is 0 Å². The van der Waals surface area contributed by atoms with Gasteiger partial charge in [0.05, 0.1) is 0 Å². The van der Waals surface area contributed by atoms with Gasteiger partial charge in [-0.3, -0.25) is 0 Å². The number of aromatic nitrogens is 1. The first-order valence-corrected chi connectivity index (χ1v) is 7.54. The molecule has 2 N–H and O–H groups in total. The van der Waals surface area contributed by atoms with Crippen LogP contribution >= 0.6 is 0 Å². The molecule has 2 rings (SSSR count). The molecule has 0 aliphatic heterocycles. The van der Waals surface area contributed by atoms with Gasteiger partial charge in [-0.1, -0.05) is 12.1 Å². The Labute approximate surface area is 139 Å². The molecule has 5 nitrogen and oxygen atoms in total. The molecule has 1 heterocycles. The van der Waals surface area contributed by atoms with E-state index in [1.807, 2.05) is 25.1 Å². The van der Waals surface area contributed by atoms with Crippen molar-refractivity contribution in [2.24, 2.45) is 0 Å². The van der Waals surface area contributed by atoms with E-state index in [9.17, 15) is 13.6 Å². The van der Waals surface area contributed by atoms with Crippen LogP contribution in [-0.2, 0) is 13.0 Å². The summed E-state index contributed by atoms with van der Waals surface area (Å²) >= 11 is 0. The van der Waals surface area contributed by atoms with Crippen molar-refractivity contribution in [2.75, 3.05) is 25.5 Å². The van der Waals surface area contributed by atoms with E-state index in [0.717, 1.165) is 17.4 Å². The summed E-state index contributed by atoms with van der Waals surface area (Å²) in [6, 6.07) is 6.74. The molecule has 0 radical (unpaired) electrons. The van der Waals surface area contributed by atoms with Gasteiger partial charge in [0.25, 0.3) is 0 Å². The molecule has 1 aromatic carbocycles. The highest BCUT2D eigenvalue weighted by Crippen LogP contribution is 2.13. The molecule has 1 aromatic heterocycles. The van der Waals surface area contributed by atoms with E-state index in [1.165, 1.54) is 12.1 Å². The van der Waals surface area contributed by atoms with Crippen LogP contribution in [0.1, 0.15) is 11.1 Å². The minimum absolute atomic E-state index is 0.252. The Bertz CT molecular complexity index is 707. The number of carbonyl (C=O) groups excluding carboxylic acids is 1. The van der Waals surface area contributed by atoms with Crippen molar-refractivity contribution in [3.8, 4) is 0 Å². The molecule has 0 spiro atoms. The Morgan fingerprint density at radius 2 is 1.96 bits per heavy atom. The van der Waals surface area contributed by atoms with Crippen molar-refractivity contribution < 1.29 is 13.6 Å². The Balaban J connectivity index is 1.80.